The minimum absolute atomic E-state index is 0.0153. The number of benzene rings is 1. The van der Waals surface area contributed by atoms with Crippen molar-refractivity contribution in [3.63, 3.8) is 0 Å². The summed E-state index contributed by atoms with van der Waals surface area (Å²) in [7, 11) is 9.70. The molecule has 1 amide bonds. The molecule has 96 heavy (non-hydrogen) atoms. The highest BCUT2D eigenvalue weighted by Gasteiger charge is 2.52. The minimum Gasteiger partial charge on any atom is -0.492 e. The van der Waals surface area contributed by atoms with E-state index in [-0.39, 0.29) is 89.9 Å². The zero-order valence-electron chi connectivity index (χ0n) is 56.0. The van der Waals surface area contributed by atoms with Gasteiger partial charge in [-0.1, -0.05) is 70.0 Å². The standard InChI is InChI=1S/C65H92IN3O24S3/c1-13-67-39-32-86-44(30-43(39)80-8)91-57-52(75)49(69-93-45-29-40(72)59(36(5)87-45)95-60(77)46-33(2)48(66)55(58(83-11)54(46)81-9)92-61-53(76)56(82-10)51(74)35(4)89-61)34(3)88-62(57)90-42-20-16-14-15-17-23-65(79)31-41(73)50(68-63(78)84-12)47(42)38(65)22-28-94-96-64(6,7)24-21-37(71)19-18-26-85-27-25-70/h14-15,22,34-36,39-40,42-45,49,51-53,56-57,59,61-62,67,69-70,72,74-76,79H,13,18-19,21,24-32H2,1-12H3,(H,68,78)/b15-14-,38-22+/t34?,35?,36?,39-,40+,42-,43?,44-,45-,49+,51-,52-,53-,56?,57?,59+,61-,62-,65+/m0/s1. The van der Waals surface area contributed by atoms with Gasteiger partial charge in [0.25, 0.3) is 0 Å². The number of rotatable bonds is 31. The van der Waals surface area contributed by atoms with E-state index in [1.54, 1.807) is 40.9 Å². The summed E-state index contributed by atoms with van der Waals surface area (Å²) >= 11 is 2.81. The van der Waals surface area contributed by atoms with E-state index in [0.29, 0.717) is 48.0 Å². The number of ketones is 2. The van der Waals surface area contributed by atoms with E-state index in [1.807, 2.05) is 43.4 Å². The van der Waals surface area contributed by atoms with Gasteiger partial charge in [-0.25, -0.2) is 4.79 Å². The second-order valence-electron chi connectivity index (χ2n) is 24.2. The highest BCUT2D eigenvalue weighted by molar-refractivity contribution is 14.1. The van der Waals surface area contributed by atoms with Crippen LogP contribution in [0.25, 0.3) is 0 Å². The third kappa shape index (κ3) is 20.1. The number of hydrogen-bond acceptors (Lipinski definition) is 29. The topological polar surface area (TPSA) is 355 Å². The number of thioether (sulfide) groups is 1. The van der Waals surface area contributed by atoms with Gasteiger partial charge in [0.2, 0.25) is 17.2 Å². The van der Waals surface area contributed by atoms with Gasteiger partial charge >= 0.3 is 6.09 Å². The van der Waals surface area contributed by atoms with Crippen molar-refractivity contribution in [1.82, 2.24) is 16.1 Å². The number of fused-ring (bicyclic) bond motifs is 2. The normalized spacial score (nSPS) is 33.1. The molecule has 0 spiro atoms. The lowest BCUT2D eigenvalue weighted by Crippen LogP contribution is -2.65. The molecule has 0 saturated carbocycles. The first kappa shape index (κ1) is 79.6. The number of amides is 1. The third-order valence-corrected chi connectivity index (χ3v) is 22.8. The molecular formula is C65H92IN3O24S3. The molecule has 4 fully saturated rings. The number of ether oxygens (including phenoxy) is 13. The smallest absolute Gasteiger partial charge is 0.411 e. The van der Waals surface area contributed by atoms with Crippen molar-refractivity contribution in [3.05, 3.63) is 49.8 Å². The number of likely N-dealkylation sites (N-methyl/N-ethyl adjacent to an activating group) is 1. The Balaban J connectivity index is 1.11. The zero-order valence-corrected chi connectivity index (χ0v) is 60.6. The van der Waals surface area contributed by atoms with Crippen LogP contribution in [-0.4, -0.2) is 248 Å². The molecule has 1 aromatic carbocycles. The van der Waals surface area contributed by atoms with Crippen molar-refractivity contribution in [2.75, 3.05) is 74.3 Å². The Labute approximate surface area is 585 Å². The van der Waals surface area contributed by atoms with Crippen molar-refractivity contribution in [1.29, 1.82) is 0 Å². The molecule has 2 bridgehead atoms. The maximum Gasteiger partial charge on any atom is 0.411 e. The molecule has 9 N–H and O–H groups in total. The van der Waals surface area contributed by atoms with Gasteiger partial charge in [-0.2, -0.15) is 5.48 Å². The number of Topliss-reactive ketones (excluding diaryl/α,β-unsaturated/α-hetero) is 2. The first-order valence-electron chi connectivity index (χ1n) is 31.7. The van der Waals surface area contributed by atoms with Crippen LogP contribution in [0.5, 0.6) is 17.2 Å². The van der Waals surface area contributed by atoms with Crippen molar-refractivity contribution in [2.45, 2.75) is 213 Å². The lowest BCUT2D eigenvalue weighted by Gasteiger charge is -2.46. The Kier molecular flexibility index (Phi) is 30.9. The molecular weight excluding hydrogens is 1430 g/mol. The van der Waals surface area contributed by atoms with Crippen LogP contribution >= 0.6 is 55.9 Å². The SMILES string of the molecule is CCN[C@H]1CO[C@@H](OC2[C@H](O[C@H]3C#C/C=C\C#C[C@@]4(O)CC(=O)C(NC(=O)OC)=C3/C4=C\CSSC(C)(C)CCC(=O)CCCOCCO)OC(C)[C@@H](NO[C@H]3C[C@@H](O)[C@H](SC(=O)c4c(C)c(I)c(O[C@@H]5OC(C)[C@H](O)C(OC)[C@@H]5O)c(OC)c4OC)C(C)O3)[C@@H]2O)CC1OC. The van der Waals surface area contributed by atoms with E-state index in [4.69, 9.17) is 71.5 Å². The molecule has 27 nitrogen and oxygen atoms in total. The number of carbonyl (C=O) groups excluding carboxylic acids is 4. The first-order chi connectivity index (χ1) is 45.8. The number of carbonyl (C=O) groups is 4. The van der Waals surface area contributed by atoms with Crippen molar-refractivity contribution >= 4 is 78.7 Å². The summed E-state index contributed by atoms with van der Waals surface area (Å²) in [5.74, 6) is 11.3. The fourth-order valence-corrected chi connectivity index (χ4v) is 16.0. The number of methoxy groups -OCH3 is 5. The minimum atomic E-state index is -2.15. The molecule has 0 radical (unpaired) electrons. The monoisotopic (exact) mass is 1520 g/mol. The van der Waals surface area contributed by atoms with E-state index < -0.39 is 137 Å². The fourth-order valence-electron chi connectivity index (χ4n) is 11.8. The fraction of sp³-hybridized carbons (Fsp3) is 0.692. The molecule has 4 heterocycles. The summed E-state index contributed by atoms with van der Waals surface area (Å²) in [6.07, 6.45) is -12.7. The van der Waals surface area contributed by atoms with Crippen LogP contribution in [0.15, 0.2) is 35.1 Å². The predicted molar refractivity (Wildman–Crippen MR) is 362 cm³/mol. The van der Waals surface area contributed by atoms with Crippen LogP contribution in [0, 0.1) is 34.2 Å². The highest BCUT2D eigenvalue weighted by Crippen LogP contribution is 2.49. The van der Waals surface area contributed by atoms with Gasteiger partial charge in [-0.05, 0) is 101 Å². The Hall–Kier alpha value is -3.70. The predicted octanol–water partition coefficient (Wildman–Crippen LogP) is 3.84. The van der Waals surface area contributed by atoms with Gasteiger partial charge in [0, 0.05) is 68.2 Å². The van der Waals surface area contributed by atoms with Crippen LogP contribution in [-0.2, 0) is 61.8 Å². The quantitative estimate of drug-likeness (QED) is 0.0168. The van der Waals surface area contributed by atoms with Gasteiger partial charge in [-0.15, -0.1) is 0 Å². The van der Waals surface area contributed by atoms with Crippen LogP contribution in [0.3, 0.4) is 0 Å². The van der Waals surface area contributed by atoms with Crippen LogP contribution in [0.2, 0.25) is 0 Å². The van der Waals surface area contributed by atoms with Crippen LogP contribution in [0.4, 0.5) is 4.79 Å². The average Bonchev–Trinajstić information content (AvgIpc) is 0.760. The van der Waals surface area contributed by atoms with Crippen LogP contribution < -0.4 is 30.3 Å². The van der Waals surface area contributed by atoms with Crippen molar-refractivity contribution in [3.8, 4) is 40.9 Å². The molecule has 31 heteroatoms. The molecule has 19 atom stereocenters. The Bertz CT molecular complexity index is 3050. The molecule has 6 unspecified atom stereocenters. The molecule has 2 aliphatic carbocycles. The molecule has 536 valence electrons. The summed E-state index contributed by atoms with van der Waals surface area (Å²) in [4.78, 5) is 61.0. The zero-order chi connectivity index (χ0) is 70.2. The molecule has 6 aliphatic rings. The largest absolute Gasteiger partial charge is 0.492 e. The summed E-state index contributed by atoms with van der Waals surface area (Å²) in [5, 5.41) is 72.3. The van der Waals surface area contributed by atoms with Gasteiger partial charge < -0.3 is 97.5 Å². The first-order valence-corrected chi connectivity index (χ1v) is 35.9. The van der Waals surface area contributed by atoms with Gasteiger partial charge in [0.05, 0.1) is 110 Å². The number of alkyl carbamates (subject to hydrolysis) is 1. The van der Waals surface area contributed by atoms with E-state index in [2.05, 4.69) is 39.8 Å². The number of nitrogens with one attached hydrogen (secondary N) is 3. The van der Waals surface area contributed by atoms with E-state index in [1.165, 1.54) is 55.1 Å². The Morgan fingerprint density at radius 1 is 0.865 bits per heavy atom. The van der Waals surface area contributed by atoms with Crippen LogP contribution in [0.1, 0.15) is 102 Å². The van der Waals surface area contributed by atoms with E-state index >= 15 is 0 Å². The molecule has 7 rings (SSSR count). The number of halogens is 1. The average molecular weight is 1520 g/mol. The number of hydroxylamine groups is 1. The Morgan fingerprint density at radius 3 is 2.27 bits per heavy atom. The second kappa shape index (κ2) is 37.3. The summed E-state index contributed by atoms with van der Waals surface area (Å²) in [6, 6.07) is -1.33. The second-order valence-corrected chi connectivity index (χ2v) is 29.4. The Morgan fingerprint density at radius 2 is 1.59 bits per heavy atom. The van der Waals surface area contributed by atoms with Gasteiger partial charge in [0.1, 0.15) is 42.4 Å². The molecule has 4 saturated heterocycles. The maximum absolute atomic E-state index is 14.5. The highest BCUT2D eigenvalue weighted by atomic mass is 127. The lowest BCUT2D eigenvalue weighted by atomic mass is 9.75. The number of aliphatic hydroxyl groups excluding tert-OH is 5. The number of allylic oxidation sites excluding steroid dienone is 3. The summed E-state index contributed by atoms with van der Waals surface area (Å²) in [6.45, 7) is 13.9. The lowest BCUT2D eigenvalue weighted by molar-refractivity contribution is -0.336. The van der Waals surface area contributed by atoms with Gasteiger partial charge in [0.15, 0.2) is 41.8 Å². The molecule has 4 aliphatic heterocycles. The van der Waals surface area contributed by atoms with E-state index in [0.717, 1.165) is 18.9 Å². The maximum atomic E-state index is 14.5. The van der Waals surface area contributed by atoms with E-state index in [9.17, 15) is 44.7 Å². The van der Waals surface area contributed by atoms with Crippen molar-refractivity contribution < 1.29 is 116 Å². The molecule has 0 aromatic heterocycles. The summed E-state index contributed by atoms with van der Waals surface area (Å²) < 4.78 is 77.9. The summed E-state index contributed by atoms with van der Waals surface area (Å²) in [5.41, 5.74) is 1.03. The van der Waals surface area contributed by atoms with Crippen molar-refractivity contribution in [2.24, 2.45) is 0 Å². The number of hydrogen-bond donors (Lipinski definition) is 9. The molecule has 1 aromatic rings. The van der Waals surface area contributed by atoms with Gasteiger partial charge in [-0.3, -0.25) is 24.5 Å². The third-order valence-electron chi connectivity index (χ3n) is 16.9. The number of aliphatic hydroxyl groups is 6.